The van der Waals surface area contributed by atoms with Gasteiger partial charge in [-0.1, -0.05) is 304 Å². The van der Waals surface area contributed by atoms with Gasteiger partial charge in [-0.3, -0.25) is 14.2 Å². The van der Waals surface area contributed by atoms with Crippen LogP contribution in [0.25, 0.3) is 0 Å². The monoisotopic (exact) mass is 1200 g/mol. The van der Waals surface area contributed by atoms with Crippen LogP contribution in [-0.2, 0) is 32.7 Å². The van der Waals surface area contributed by atoms with E-state index in [-0.39, 0.29) is 32.0 Å². The topological polar surface area (TPSA) is 111 Å². The number of carbonyl (C=O) groups is 2. The van der Waals surface area contributed by atoms with Crippen LogP contribution >= 0.6 is 7.82 Å². The van der Waals surface area contributed by atoms with Gasteiger partial charge in [0.05, 0.1) is 27.7 Å². The molecule has 10 heteroatoms. The number of rotatable bonds is 65. The predicted octanol–water partition coefficient (Wildman–Crippen LogP) is 22.3. The highest BCUT2D eigenvalue weighted by atomic mass is 31.2. The molecule has 0 aliphatic rings. The molecule has 0 amide bonds. The largest absolute Gasteiger partial charge is 0.756 e. The van der Waals surface area contributed by atoms with E-state index in [1.165, 1.54) is 212 Å². The summed E-state index contributed by atoms with van der Waals surface area (Å²) >= 11 is 0. The van der Waals surface area contributed by atoms with Crippen LogP contribution in [-0.4, -0.2) is 70.0 Å². The number of ether oxygens (including phenoxy) is 2. The summed E-state index contributed by atoms with van der Waals surface area (Å²) in [6.45, 7) is 4.15. The second-order valence-electron chi connectivity index (χ2n) is 24.9. The summed E-state index contributed by atoms with van der Waals surface area (Å²) in [7, 11) is 1.17. The number of hydrogen-bond acceptors (Lipinski definition) is 8. The van der Waals surface area contributed by atoms with E-state index >= 15 is 0 Å². The van der Waals surface area contributed by atoms with Gasteiger partial charge >= 0.3 is 11.9 Å². The lowest BCUT2D eigenvalue weighted by atomic mass is 10.0. The Morgan fingerprint density at radius 1 is 0.381 bits per heavy atom. The number of esters is 2. The number of nitrogens with zero attached hydrogens (tertiary/aromatic N) is 1. The normalized spacial score (nSPS) is 13.6. The van der Waals surface area contributed by atoms with Crippen molar-refractivity contribution in [1.82, 2.24) is 0 Å². The molecule has 84 heavy (non-hydrogen) atoms. The molecule has 0 aromatic rings. The molecule has 0 aliphatic carbocycles. The van der Waals surface area contributed by atoms with Crippen molar-refractivity contribution in [2.45, 2.75) is 328 Å². The summed E-state index contributed by atoms with van der Waals surface area (Å²) in [5.41, 5.74) is 0. The molecule has 2 unspecified atom stereocenters. The predicted molar refractivity (Wildman–Crippen MR) is 360 cm³/mol. The molecule has 488 valence electrons. The average Bonchev–Trinajstić information content (AvgIpc) is 3.61. The fourth-order valence-electron chi connectivity index (χ4n) is 10.0. The summed E-state index contributed by atoms with van der Waals surface area (Å²) in [4.78, 5) is 38.1. The summed E-state index contributed by atoms with van der Waals surface area (Å²) in [5.74, 6) is -0.824. The first-order valence-corrected chi connectivity index (χ1v) is 36.8. The van der Waals surface area contributed by atoms with Gasteiger partial charge in [0.25, 0.3) is 7.82 Å². The summed E-state index contributed by atoms with van der Waals surface area (Å²) in [5, 5.41) is 0. The van der Waals surface area contributed by atoms with E-state index < -0.39 is 26.5 Å². The number of hydrogen-bond donors (Lipinski definition) is 0. The highest BCUT2D eigenvalue weighted by molar-refractivity contribution is 7.45. The van der Waals surface area contributed by atoms with E-state index in [2.05, 4.69) is 98.9 Å². The summed E-state index contributed by atoms with van der Waals surface area (Å²) in [6, 6.07) is 0. The minimum absolute atomic E-state index is 0.0323. The molecule has 0 aromatic heterocycles. The zero-order valence-corrected chi connectivity index (χ0v) is 56.5. The van der Waals surface area contributed by atoms with Crippen molar-refractivity contribution in [2.24, 2.45) is 0 Å². The zero-order chi connectivity index (χ0) is 61.2. The fourth-order valence-corrected chi connectivity index (χ4v) is 10.7. The number of unbranched alkanes of at least 4 members (excludes halogenated alkanes) is 37. The lowest BCUT2D eigenvalue weighted by molar-refractivity contribution is -0.870. The van der Waals surface area contributed by atoms with Gasteiger partial charge in [-0.25, -0.2) is 0 Å². The van der Waals surface area contributed by atoms with Crippen LogP contribution in [0, 0.1) is 0 Å². The molecule has 0 aliphatic heterocycles. The van der Waals surface area contributed by atoms with Gasteiger partial charge in [-0.05, 0) is 89.9 Å². The quantitative estimate of drug-likeness (QED) is 0.0195. The molecule has 0 spiro atoms. The standard InChI is InChI=1S/C74H134NO8P/c1-6-8-10-12-14-16-18-20-22-24-26-28-30-32-34-36-37-39-40-42-44-46-48-50-52-54-56-58-60-62-64-66-73(76)80-70-72(71-82-84(78,79)81-69-68-75(3,4)5)83-74(77)67-65-63-61-59-57-55-53-51-49-47-45-43-41-38-35-33-31-29-27-25-23-21-19-17-15-13-11-9-7-2/h9,11,15,17-18,20-21,23-24,26-27,29,33,35,72H,6-8,10,12-14,16,19,22,25,28,30-32,34,36-71H2,1-5H3/b11-9-,17-15-,20-18-,23-21-,26-24-,29-27-,35-33-. The van der Waals surface area contributed by atoms with E-state index in [0.717, 1.165) is 77.0 Å². The Morgan fingerprint density at radius 3 is 1.01 bits per heavy atom. The molecule has 0 radical (unpaired) electrons. The third-order valence-electron chi connectivity index (χ3n) is 15.4. The zero-order valence-electron chi connectivity index (χ0n) is 55.6. The van der Waals surface area contributed by atoms with Crippen LogP contribution in [0.1, 0.15) is 322 Å². The SMILES string of the molecule is CC/C=C\C/C=C\C/C=C\C/C=C\C/C=C\CCCCCCCCCCCCCCCC(=O)OC(COC(=O)CCCCCCCCCCCCCCCCCCCCC/C=C\C/C=C\CCCCCCC)COP(=O)([O-])OCC[N+](C)(C)C. The van der Waals surface area contributed by atoms with Crippen molar-refractivity contribution < 1.29 is 42.1 Å². The van der Waals surface area contributed by atoms with Gasteiger partial charge in [0.1, 0.15) is 19.8 Å². The molecule has 0 saturated heterocycles. The first-order valence-electron chi connectivity index (χ1n) is 35.3. The Hall–Kier alpha value is -2.81. The number of phosphoric ester groups is 1. The number of phosphoric acid groups is 1. The Bertz CT molecular complexity index is 1690. The first-order chi connectivity index (χ1) is 41.0. The maximum absolute atomic E-state index is 12.9. The highest BCUT2D eigenvalue weighted by Crippen LogP contribution is 2.38. The minimum Gasteiger partial charge on any atom is -0.756 e. The van der Waals surface area contributed by atoms with Crippen LogP contribution in [0.3, 0.4) is 0 Å². The molecule has 2 atom stereocenters. The van der Waals surface area contributed by atoms with Crippen molar-refractivity contribution in [3.8, 4) is 0 Å². The number of carbonyl (C=O) groups excluding carboxylic acids is 2. The van der Waals surface area contributed by atoms with Crippen molar-refractivity contribution in [3.63, 3.8) is 0 Å². The van der Waals surface area contributed by atoms with Gasteiger partial charge in [0, 0.05) is 12.8 Å². The highest BCUT2D eigenvalue weighted by Gasteiger charge is 2.22. The molecular weight excluding hydrogens is 1060 g/mol. The molecule has 9 nitrogen and oxygen atoms in total. The number of allylic oxidation sites excluding steroid dienone is 14. The second kappa shape index (κ2) is 64.7. The molecule has 0 saturated carbocycles. The Labute approximate surface area is 520 Å². The van der Waals surface area contributed by atoms with Crippen molar-refractivity contribution in [3.05, 3.63) is 85.1 Å². The Kier molecular flexibility index (Phi) is 62.5. The molecule has 0 rings (SSSR count). The van der Waals surface area contributed by atoms with Gasteiger partial charge in [-0.2, -0.15) is 0 Å². The van der Waals surface area contributed by atoms with Crippen LogP contribution in [0.4, 0.5) is 0 Å². The van der Waals surface area contributed by atoms with Gasteiger partial charge in [0.2, 0.25) is 0 Å². The third kappa shape index (κ3) is 68.3. The van der Waals surface area contributed by atoms with Crippen molar-refractivity contribution in [1.29, 1.82) is 0 Å². The van der Waals surface area contributed by atoms with E-state index in [1.54, 1.807) is 0 Å². The maximum atomic E-state index is 12.9. The van der Waals surface area contributed by atoms with Gasteiger partial charge in [0.15, 0.2) is 6.10 Å². The average molecular weight is 1200 g/mol. The molecular formula is C74H134NO8P. The third-order valence-corrected chi connectivity index (χ3v) is 16.4. The molecule has 0 fully saturated rings. The first kappa shape index (κ1) is 81.2. The fraction of sp³-hybridized carbons (Fsp3) is 0.784. The minimum atomic E-state index is -4.64. The van der Waals surface area contributed by atoms with Crippen LogP contribution in [0.2, 0.25) is 0 Å². The van der Waals surface area contributed by atoms with E-state index in [9.17, 15) is 19.0 Å². The lowest BCUT2D eigenvalue weighted by Gasteiger charge is -2.28. The van der Waals surface area contributed by atoms with E-state index in [0.29, 0.717) is 17.4 Å². The smallest absolute Gasteiger partial charge is 0.306 e. The lowest BCUT2D eigenvalue weighted by Crippen LogP contribution is -2.37. The van der Waals surface area contributed by atoms with Crippen LogP contribution in [0.5, 0.6) is 0 Å². The molecule has 0 bridgehead atoms. The van der Waals surface area contributed by atoms with Crippen LogP contribution in [0.15, 0.2) is 85.1 Å². The van der Waals surface area contributed by atoms with Crippen molar-refractivity contribution in [2.75, 3.05) is 47.5 Å². The van der Waals surface area contributed by atoms with E-state index in [4.69, 9.17) is 18.5 Å². The molecule has 0 aromatic carbocycles. The molecule has 0 heterocycles. The van der Waals surface area contributed by atoms with E-state index in [1.807, 2.05) is 21.1 Å². The Balaban J connectivity index is 4.03. The summed E-state index contributed by atoms with van der Waals surface area (Å²) < 4.78 is 34.3. The second-order valence-corrected chi connectivity index (χ2v) is 26.3. The van der Waals surface area contributed by atoms with Gasteiger partial charge < -0.3 is 27.9 Å². The number of quaternary nitrogens is 1. The Morgan fingerprint density at radius 2 is 0.679 bits per heavy atom. The van der Waals surface area contributed by atoms with Gasteiger partial charge in [-0.15, -0.1) is 0 Å². The van der Waals surface area contributed by atoms with Crippen molar-refractivity contribution >= 4 is 19.8 Å². The molecule has 0 N–H and O–H groups in total. The summed E-state index contributed by atoms with van der Waals surface area (Å²) in [6.07, 6.45) is 88.1. The maximum Gasteiger partial charge on any atom is 0.306 e. The number of likely N-dealkylation sites (N-methyl/N-ethyl adjacent to an activating group) is 1. The van der Waals surface area contributed by atoms with Crippen LogP contribution < -0.4 is 4.89 Å².